The SMILES string of the molecule is Cc1ccnc(NS(=O)(=O)c2ccc(NC(=O)COc3ccc(C(C)C)cc3)cc2)n1. The van der Waals surface area contributed by atoms with Gasteiger partial charge in [-0.15, -0.1) is 0 Å². The maximum Gasteiger partial charge on any atom is 0.264 e. The number of hydrogen-bond acceptors (Lipinski definition) is 6. The van der Waals surface area contributed by atoms with Crippen LogP contribution in [0, 0.1) is 6.92 Å². The van der Waals surface area contributed by atoms with Crippen LogP contribution in [0.4, 0.5) is 11.6 Å². The van der Waals surface area contributed by atoms with Crippen LogP contribution >= 0.6 is 0 Å². The lowest BCUT2D eigenvalue weighted by molar-refractivity contribution is -0.118. The molecule has 0 unspecified atom stereocenters. The van der Waals surface area contributed by atoms with Crippen LogP contribution in [0.5, 0.6) is 5.75 Å². The fourth-order valence-electron chi connectivity index (χ4n) is 2.69. The van der Waals surface area contributed by atoms with Crippen LogP contribution < -0.4 is 14.8 Å². The van der Waals surface area contributed by atoms with Gasteiger partial charge in [-0.25, -0.2) is 23.1 Å². The Bertz CT molecular complexity index is 1140. The van der Waals surface area contributed by atoms with Crippen LogP contribution in [0.1, 0.15) is 31.0 Å². The van der Waals surface area contributed by atoms with E-state index in [1.165, 1.54) is 36.0 Å². The van der Waals surface area contributed by atoms with Crippen molar-refractivity contribution in [2.24, 2.45) is 0 Å². The first kappa shape index (κ1) is 22.2. The molecule has 0 saturated carbocycles. The molecule has 162 valence electrons. The summed E-state index contributed by atoms with van der Waals surface area (Å²) in [4.78, 5) is 20.1. The van der Waals surface area contributed by atoms with Crippen LogP contribution in [0.15, 0.2) is 65.7 Å². The average molecular weight is 441 g/mol. The van der Waals surface area contributed by atoms with Gasteiger partial charge in [0.15, 0.2) is 6.61 Å². The Hall–Kier alpha value is -3.46. The van der Waals surface area contributed by atoms with Gasteiger partial charge in [-0.05, 0) is 60.9 Å². The number of sulfonamides is 1. The highest BCUT2D eigenvalue weighted by atomic mass is 32.2. The molecule has 0 bridgehead atoms. The summed E-state index contributed by atoms with van der Waals surface area (Å²) >= 11 is 0. The highest BCUT2D eigenvalue weighted by Crippen LogP contribution is 2.19. The van der Waals surface area contributed by atoms with E-state index >= 15 is 0 Å². The Balaban J connectivity index is 1.56. The number of hydrogen-bond donors (Lipinski definition) is 2. The Morgan fingerprint density at radius 2 is 1.71 bits per heavy atom. The molecule has 1 aromatic heterocycles. The number of benzene rings is 2. The van der Waals surface area contributed by atoms with Gasteiger partial charge in [0, 0.05) is 17.6 Å². The third kappa shape index (κ3) is 6.26. The van der Waals surface area contributed by atoms with Gasteiger partial charge in [0.05, 0.1) is 4.90 Å². The first-order valence-electron chi connectivity index (χ1n) is 9.68. The van der Waals surface area contributed by atoms with Gasteiger partial charge < -0.3 is 10.1 Å². The van der Waals surface area contributed by atoms with Crippen LogP contribution in [-0.2, 0) is 14.8 Å². The van der Waals surface area contributed by atoms with E-state index in [1.54, 1.807) is 13.0 Å². The lowest BCUT2D eigenvalue weighted by Gasteiger charge is -2.10. The second kappa shape index (κ2) is 9.57. The molecule has 0 fully saturated rings. The van der Waals surface area contributed by atoms with Crippen LogP contribution in [-0.4, -0.2) is 30.9 Å². The molecule has 0 spiro atoms. The monoisotopic (exact) mass is 440 g/mol. The molecule has 1 amide bonds. The predicted molar refractivity (Wildman–Crippen MR) is 119 cm³/mol. The predicted octanol–water partition coefficient (Wildman–Crippen LogP) is 3.73. The van der Waals surface area contributed by atoms with Crippen molar-refractivity contribution in [1.29, 1.82) is 0 Å². The van der Waals surface area contributed by atoms with Gasteiger partial charge in [-0.3, -0.25) is 4.79 Å². The third-order valence-corrected chi connectivity index (χ3v) is 5.73. The number of nitrogens with one attached hydrogen (secondary N) is 2. The molecule has 0 radical (unpaired) electrons. The smallest absolute Gasteiger partial charge is 0.264 e. The van der Waals surface area contributed by atoms with Crippen molar-refractivity contribution in [3.8, 4) is 5.75 Å². The Kier molecular flexibility index (Phi) is 6.86. The van der Waals surface area contributed by atoms with E-state index in [4.69, 9.17) is 4.74 Å². The lowest BCUT2D eigenvalue weighted by atomic mass is 10.0. The van der Waals surface area contributed by atoms with Crippen LogP contribution in [0.3, 0.4) is 0 Å². The summed E-state index contributed by atoms with van der Waals surface area (Å²) in [6, 6.07) is 15.0. The number of anilines is 2. The molecule has 0 aliphatic carbocycles. The molecule has 9 heteroatoms. The zero-order valence-electron chi connectivity index (χ0n) is 17.5. The molecule has 0 aliphatic rings. The molecule has 1 heterocycles. The van der Waals surface area contributed by atoms with Gasteiger partial charge >= 0.3 is 0 Å². The quantitative estimate of drug-likeness (QED) is 0.552. The number of nitrogens with zero attached hydrogens (tertiary/aromatic N) is 2. The summed E-state index contributed by atoms with van der Waals surface area (Å²) in [5.41, 5.74) is 2.29. The normalized spacial score (nSPS) is 11.2. The van der Waals surface area contributed by atoms with E-state index < -0.39 is 10.0 Å². The standard InChI is InChI=1S/C22H24N4O4S/c1-15(2)17-4-8-19(9-5-17)30-14-21(27)25-18-6-10-20(11-7-18)31(28,29)26-22-23-13-12-16(3)24-22/h4-13,15H,14H2,1-3H3,(H,25,27)(H,23,24,26). The lowest BCUT2D eigenvalue weighted by Crippen LogP contribution is -2.20. The number of rotatable bonds is 8. The van der Waals surface area contributed by atoms with Crippen LogP contribution in [0.25, 0.3) is 0 Å². The largest absolute Gasteiger partial charge is 0.484 e. The molecule has 2 aromatic carbocycles. The Labute approximate surface area is 181 Å². The van der Waals surface area contributed by atoms with Gasteiger partial charge in [-0.1, -0.05) is 26.0 Å². The second-order valence-corrected chi connectivity index (χ2v) is 8.89. The average Bonchev–Trinajstić information content (AvgIpc) is 2.72. The number of carbonyl (C=O) groups is 1. The van der Waals surface area contributed by atoms with Gasteiger partial charge in [0.25, 0.3) is 15.9 Å². The first-order valence-corrected chi connectivity index (χ1v) is 11.2. The number of aromatic nitrogens is 2. The topological polar surface area (TPSA) is 110 Å². The van der Waals surface area contributed by atoms with E-state index in [9.17, 15) is 13.2 Å². The minimum atomic E-state index is -3.84. The molecule has 2 N–H and O–H groups in total. The summed E-state index contributed by atoms with van der Waals surface area (Å²) in [5, 5.41) is 2.67. The molecule has 0 saturated heterocycles. The molecule has 8 nitrogen and oxygen atoms in total. The second-order valence-electron chi connectivity index (χ2n) is 7.21. The van der Waals surface area contributed by atoms with E-state index in [2.05, 4.69) is 33.9 Å². The van der Waals surface area contributed by atoms with E-state index in [-0.39, 0.29) is 23.4 Å². The highest BCUT2D eigenvalue weighted by Gasteiger charge is 2.16. The zero-order valence-corrected chi connectivity index (χ0v) is 18.3. The highest BCUT2D eigenvalue weighted by molar-refractivity contribution is 7.92. The van der Waals surface area contributed by atoms with Crippen LogP contribution in [0.2, 0.25) is 0 Å². The van der Waals surface area contributed by atoms with Crippen molar-refractivity contribution in [2.75, 3.05) is 16.6 Å². The first-order chi connectivity index (χ1) is 14.7. The fourth-order valence-corrected chi connectivity index (χ4v) is 3.64. The molecule has 3 aromatic rings. The molecular weight excluding hydrogens is 416 g/mol. The van der Waals surface area contributed by atoms with E-state index in [0.29, 0.717) is 23.0 Å². The summed E-state index contributed by atoms with van der Waals surface area (Å²) in [7, 11) is -3.84. The fraction of sp³-hybridized carbons (Fsp3) is 0.227. The maximum absolute atomic E-state index is 12.5. The minimum absolute atomic E-state index is 0.00375. The number of carbonyl (C=O) groups excluding carboxylic acids is 1. The Morgan fingerprint density at radius 1 is 1.03 bits per heavy atom. The molecular formula is C22H24N4O4S. The van der Waals surface area contributed by atoms with E-state index in [0.717, 1.165) is 0 Å². The molecule has 31 heavy (non-hydrogen) atoms. The zero-order chi connectivity index (χ0) is 22.4. The van der Waals surface area contributed by atoms with E-state index in [1.807, 2.05) is 24.3 Å². The van der Waals surface area contributed by atoms with Crippen molar-refractivity contribution in [1.82, 2.24) is 9.97 Å². The summed E-state index contributed by atoms with van der Waals surface area (Å²) in [6.45, 7) is 5.78. The summed E-state index contributed by atoms with van der Waals surface area (Å²) < 4.78 is 32.8. The Morgan fingerprint density at radius 3 is 2.32 bits per heavy atom. The van der Waals surface area contributed by atoms with Crippen molar-refractivity contribution in [3.05, 3.63) is 72.1 Å². The van der Waals surface area contributed by atoms with Gasteiger partial charge in [0.2, 0.25) is 5.95 Å². The molecule has 0 aliphatic heterocycles. The maximum atomic E-state index is 12.5. The van der Waals surface area contributed by atoms with Gasteiger partial charge in [-0.2, -0.15) is 0 Å². The minimum Gasteiger partial charge on any atom is -0.484 e. The van der Waals surface area contributed by atoms with Crippen molar-refractivity contribution in [2.45, 2.75) is 31.6 Å². The molecule has 0 atom stereocenters. The van der Waals surface area contributed by atoms with Crippen molar-refractivity contribution in [3.63, 3.8) is 0 Å². The van der Waals surface area contributed by atoms with Gasteiger partial charge in [0.1, 0.15) is 5.75 Å². The number of amides is 1. The molecule has 3 rings (SSSR count). The van der Waals surface area contributed by atoms with Crippen molar-refractivity contribution >= 4 is 27.6 Å². The summed E-state index contributed by atoms with van der Waals surface area (Å²) in [6.07, 6.45) is 1.47. The summed E-state index contributed by atoms with van der Waals surface area (Å²) in [5.74, 6) is 0.667. The number of ether oxygens (including phenoxy) is 1. The number of aryl methyl sites for hydroxylation is 1. The van der Waals surface area contributed by atoms with Crippen molar-refractivity contribution < 1.29 is 17.9 Å². The third-order valence-electron chi connectivity index (χ3n) is 4.39.